The molecule has 0 spiro atoms. The average molecular weight is 528 g/mol. The monoisotopic (exact) mass is 526 g/mol. The van der Waals surface area contributed by atoms with Crippen LogP contribution in [0.5, 0.6) is 5.75 Å². The van der Waals surface area contributed by atoms with Gasteiger partial charge in [-0.25, -0.2) is 0 Å². The van der Waals surface area contributed by atoms with Crippen LogP contribution < -0.4 is 15.0 Å². The van der Waals surface area contributed by atoms with Crippen molar-refractivity contribution in [2.75, 3.05) is 37.7 Å². The molecule has 2 aromatic rings. The number of piperazine rings is 1. The number of anilines is 1. The maximum Gasteiger partial charge on any atom is 0.294 e. The van der Waals surface area contributed by atoms with Crippen LogP contribution >= 0.6 is 39.7 Å². The zero-order chi connectivity index (χ0) is 22.5. The lowest BCUT2D eigenvalue weighted by molar-refractivity contribution is -0.384. The minimum Gasteiger partial charge on any atom is -0.493 e. The summed E-state index contributed by atoms with van der Waals surface area (Å²) < 4.78 is 6.14. The topological polar surface area (TPSA) is 88.0 Å². The molecule has 31 heavy (non-hydrogen) atoms. The van der Waals surface area contributed by atoms with Gasteiger partial charge in [-0.05, 0) is 59.3 Å². The maximum atomic E-state index is 12.6. The molecule has 0 radical (unpaired) electrons. The third kappa shape index (κ3) is 5.44. The van der Waals surface area contributed by atoms with E-state index in [0.717, 1.165) is 0 Å². The number of nitrogens with one attached hydrogen (secondary N) is 1. The number of carbonyl (C=O) groups is 1. The van der Waals surface area contributed by atoms with Gasteiger partial charge in [-0.2, -0.15) is 0 Å². The minimum atomic E-state index is -0.437. The smallest absolute Gasteiger partial charge is 0.294 e. The number of nitro groups is 1. The summed E-state index contributed by atoms with van der Waals surface area (Å²) in [6.07, 6.45) is 0. The largest absolute Gasteiger partial charge is 0.493 e. The van der Waals surface area contributed by atoms with Gasteiger partial charge in [-0.15, -0.1) is 0 Å². The molecule has 1 aliphatic heterocycles. The molecule has 1 aliphatic rings. The number of thiocarbonyl (C=S) groups is 1. The van der Waals surface area contributed by atoms with E-state index in [2.05, 4.69) is 21.2 Å². The van der Waals surface area contributed by atoms with E-state index in [1.807, 2.05) is 16.7 Å². The number of halogens is 2. The quantitative estimate of drug-likeness (QED) is 0.353. The number of rotatable bonds is 5. The Morgan fingerprint density at radius 2 is 2.00 bits per heavy atom. The van der Waals surface area contributed by atoms with Gasteiger partial charge in [0.2, 0.25) is 0 Å². The number of ether oxygens (including phenoxy) is 1. The van der Waals surface area contributed by atoms with E-state index in [4.69, 9.17) is 28.6 Å². The van der Waals surface area contributed by atoms with Crippen LogP contribution in [0.1, 0.15) is 17.3 Å². The van der Waals surface area contributed by atoms with E-state index >= 15 is 0 Å². The predicted octanol–water partition coefficient (Wildman–Crippen LogP) is 4.25. The molecule has 164 valence electrons. The zero-order valence-electron chi connectivity index (χ0n) is 16.6. The molecule has 8 nitrogen and oxygen atoms in total. The molecule has 1 amide bonds. The fraction of sp³-hybridized carbons (Fsp3) is 0.300. The lowest BCUT2D eigenvalue weighted by atomic mass is 10.2. The second kappa shape index (κ2) is 10.3. The van der Waals surface area contributed by atoms with Gasteiger partial charge >= 0.3 is 0 Å². The highest BCUT2D eigenvalue weighted by Crippen LogP contribution is 2.35. The minimum absolute atomic E-state index is 0.0297. The van der Waals surface area contributed by atoms with Gasteiger partial charge in [0.05, 0.1) is 21.0 Å². The molecule has 0 aliphatic carbocycles. The number of para-hydroxylation sites is 1. The van der Waals surface area contributed by atoms with Gasteiger partial charge < -0.3 is 14.5 Å². The number of hydrogen-bond donors (Lipinski definition) is 1. The standard InChI is InChI=1S/C20H20BrClN4O4S/c1-2-30-17-7-6-13(12-14(17)21)19(27)23-20(31)25-10-8-24(9-11-25)18-15(22)4-3-5-16(18)26(28)29/h3-7,12H,2,8-11H2,1H3,(H,23,27,31). The molecule has 11 heteroatoms. The van der Waals surface area contributed by atoms with Crippen LogP contribution in [0, 0.1) is 10.1 Å². The predicted molar refractivity (Wildman–Crippen MR) is 127 cm³/mol. The Balaban J connectivity index is 1.62. The van der Waals surface area contributed by atoms with Crippen molar-refractivity contribution in [3.63, 3.8) is 0 Å². The molecule has 1 saturated heterocycles. The first kappa shape index (κ1) is 23.2. The molecule has 1 heterocycles. The Kier molecular flexibility index (Phi) is 7.69. The summed E-state index contributed by atoms with van der Waals surface area (Å²) in [4.78, 5) is 27.2. The van der Waals surface area contributed by atoms with Crippen molar-refractivity contribution in [2.45, 2.75) is 6.92 Å². The molecule has 1 fully saturated rings. The summed E-state index contributed by atoms with van der Waals surface area (Å²) >= 11 is 15.0. The van der Waals surface area contributed by atoms with Gasteiger partial charge in [-0.1, -0.05) is 17.7 Å². The highest BCUT2D eigenvalue weighted by atomic mass is 79.9. The number of carbonyl (C=O) groups excluding carboxylic acids is 1. The van der Waals surface area contributed by atoms with E-state index in [-0.39, 0.29) is 11.6 Å². The molecular formula is C20H20BrClN4O4S. The first-order chi connectivity index (χ1) is 14.8. The van der Waals surface area contributed by atoms with Gasteiger partial charge in [0.25, 0.3) is 11.6 Å². The van der Waals surface area contributed by atoms with Crippen molar-refractivity contribution < 1.29 is 14.5 Å². The van der Waals surface area contributed by atoms with Gasteiger partial charge in [0.15, 0.2) is 5.11 Å². The molecule has 2 aromatic carbocycles. The number of hydrogen-bond acceptors (Lipinski definition) is 6. The molecule has 0 bridgehead atoms. The highest BCUT2D eigenvalue weighted by Gasteiger charge is 2.27. The highest BCUT2D eigenvalue weighted by molar-refractivity contribution is 9.10. The molecule has 0 aromatic heterocycles. The fourth-order valence-electron chi connectivity index (χ4n) is 3.26. The Morgan fingerprint density at radius 3 is 2.61 bits per heavy atom. The number of benzene rings is 2. The summed E-state index contributed by atoms with van der Waals surface area (Å²) in [5.41, 5.74) is 0.823. The van der Waals surface area contributed by atoms with Crippen LogP contribution in [0.2, 0.25) is 5.02 Å². The third-order valence-corrected chi connectivity index (χ3v) is 6.04. The lowest BCUT2D eigenvalue weighted by Gasteiger charge is -2.37. The summed E-state index contributed by atoms with van der Waals surface area (Å²) in [6.45, 7) is 4.36. The zero-order valence-corrected chi connectivity index (χ0v) is 19.8. The van der Waals surface area contributed by atoms with Crippen molar-refractivity contribution >= 4 is 62.1 Å². The first-order valence-electron chi connectivity index (χ1n) is 9.52. The molecule has 0 saturated carbocycles. The van der Waals surface area contributed by atoms with Crippen molar-refractivity contribution in [1.29, 1.82) is 0 Å². The summed E-state index contributed by atoms with van der Waals surface area (Å²) in [7, 11) is 0. The number of nitrogens with zero attached hydrogens (tertiary/aromatic N) is 3. The van der Waals surface area contributed by atoms with Crippen LogP contribution in [-0.4, -0.2) is 53.6 Å². The average Bonchev–Trinajstić information content (AvgIpc) is 2.75. The lowest BCUT2D eigenvalue weighted by Crippen LogP contribution is -2.52. The van der Waals surface area contributed by atoms with E-state index in [1.165, 1.54) is 6.07 Å². The molecule has 0 unspecified atom stereocenters. The van der Waals surface area contributed by atoms with E-state index < -0.39 is 4.92 Å². The van der Waals surface area contributed by atoms with Crippen molar-refractivity contribution in [3.8, 4) is 5.75 Å². The maximum absolute atomic E-state index is 12.6. The Hall–Kier alpha value is -2.43. The summed E-state index contributed by atoms with van der Waals surface area (Å²) in [5.74, 6) is 0.337. The Bertz CT molecular complexity index is 1010. The van der Waals surface area contributed by atoms with Gasteiger partial charge in [-0.3, -0.25) is 20.2 Å². The van der Waals surface area contributed by atoms with E-state index in [0.29, 0.717) is 64.4 Å². The number of amides is 1. The van der Waals surface area contributed by atoms with Crippen molar-refractivity contribution in [2.24, 2.45) is 0 Å². The Labute approximate surface area is 198 Å². The Morgan fingerprint density at radius 1 is 1.29 bits per heavy atom. The number of nitro benzene ring substituents is 1. The second-order valence-electron chi connectivity index (χ2n) is 6.68. The van der Waals surface area contributed by atoms with Crippen LogP contribution in [0.4, 0.5) is 11.4 Å². The first-order valence-corrected chi connectivity index (χ1v) is 11.1. The summed E-state index contributed by atoms with van der Waals surface area (Å²) in [5, 5.41) is 14.7. The van der Waals surface area contributed by atoms with Gasteiger partial charge in [0, 0.05) is 37.8 Å². The van der Waals surface area contributed by atoms with Gasteiger partial charge in [0.1, 0.15) is 11.4 Å². The molecule has 1 N–H and O–H groups in total. The molecule has 3 rings (SSSR count). The molecular weight excluding hydrogens is 508 g/mol. The van der Waals surface area contributed by atoms with E-state index in [1.54, 1.807) is 30.3 Å². The SMILES string of the molecule is CCOc1ccc(C(=O)NC(=S)N2CCN(c3c(Cl)cccc3[N+](=O)[O-])CC2)cc1Br. The molecule has 0 atom stereocenters. The fourth-order valence-corrected chi connectivity index (χ4v) is 4.32. The van der Waals surface area contributed by atoms with Crippen LogP contribution in [0.3, 0.4) is 0 Å². The third-order valence-electron chi connectivity index (χ3n) is 4.76. The van der Waals surface area contributed by atoms with Crippen LogP contribution in [0.15, 0.2) is 40.9 Å². The van der Waals surface area contributed by atoms with Crippen molar-refractivity contribution in [1.82, 2.24) is 10.2 Å². The van der Waals surface area contributed by atoms with Crippen molar-refractivity contribution in [3.05, 3.63) is 61.6 Å². The normalized spacial score (nSPS) is 13.6. The second-order valence-corrected chi connectivity index (χ2v) is 8.32. The van der Waals surface area contributed by atoms with Crippen LogP contribution in [0.25, 0.3) is 0 Å². The van der Waals surface area contributed by atoms with Crippen LogP contribution in [-0.2, 0) is 0 Å². The van der Waals surface area contributed by atoms with E-state index in [9.17, 15) is 14.9 Å². The summed E-state index contributed by atoms with van der Waals surface area (Å²) in [6, 6.07) is 9.70.